The number of rotatable bonds is 8. The first-order chi connectivity index (χ1) is 7.29. The van der Waals surface area contributed by atoms with Crippen LogP contribution in [-0.2, 0) is 15.0 Å². The van der Waals surface area contributed by atoms with Crippen LogP contribution in [0.3, 0.4) is 0 Å². The van der Waals surface area contributed by atoms with Crippen LogP contribution in [0.5, 0.6) is 0 Å². The maximum absolute atomic E-state index is 11.1. The van der Waals surface area contributed by atoms with Gasteiger partial charge in [0, 0.05) is 6.54 Å². The second-order valence-electron chi connectivity index (χ2n) is 3.19. The minimum absolute atomic E-state index is 0.0508. The van der Waals surface area contributed by atoms with Crippen LogP contribution in [0.15, 0.2) is 12.7 Å². The van der Waals surface area contributed by atoms with Crippen molar-refractivity contribution in [3.05, 3.63) is 12.7 Å². The van der Waals surface area contributed by atoms with Crippen molar-refractivity contribution >= 4 is 16.2 Å². The van der Waals surface area contributed by atoms with Crippen LogP contribution in [0.1, 0.15) is 12.8 Å². The molecule has 0 saturated carbocycles. The largest absolute Gasteiger partial charge is 0.479 e. The summed E-state index contributed by atoms with van der Waals surface area (Å²) in [6, 6.07) is 0. The first kappa shape index (κ1) is 15.0. The Kier molecular flexibility index (Phi) is 6.19. The molecule has 0 fully saturated rings. The third-order valence-electron chi connectivity index (χ3n) is 1.84. The monoisotopic (exact) mass is 252 g/mol. The van der Waals surface area contributed by atoms with Gasteiger partial charge in [0.2, 0.25) is 0 Å². The summed E-state index contributed by atoms with van der Waals surface area (Å²) in [5, 5.41) is 22.4. The number of aliphatic hydroxyl groups excluding tert-OH is 1. The van der Waals surface area contributed by atoms with E-state index >= 15 is 0 Å². The fourth-order valence-electron chi connectivity index (χ4n) is 1.01. The number of hydrogen-bond donors (Lipinski definition) is 3. The smallest absolute Gasteiger partial charge is 0.333 e. The molecule has 0 heterocycles. The molecule has 0 amide bonds. The lowest BCUT2D eigenvalue weighted by Gasteiger charge is -2.20. The molecule has 0 aliphatic heterocycles. The van der Waals surface area contributed by atoms with Crippen LogP contribution in [-0.4, -0.2) is 48.1 Å². The summed E-state index contributed by atoms with van der Waals surface area (Å²) in [4.78, 5) is 10.4. The number of aliphatic hydroxyl groups is 1. The Labute approximate surface area is 94.4 Å². The van der Waals surface area contributed by atoms with Gasteiger partial charge in [-0.2, -0.15) is 12.7 Å². The van der Waals surface area contributed by atoms with Gasteiger partial charge in [-0.05, 0) is 12.8 Å². The Hall–Kier alpha value is -0.960. The molecule has 1 atom stereocenters. The molecule has 1 unspecified atom stereocenters. The Balaban J connectivity index is 4.45. The molecule has 0 aromatic carbocycles. The van der Waals surface area contributed by atoms with E-state index in [-0.39, 0.29) is 6.54 Å². The maximum atomic E-state index is 11.1. The lowest BCUT2D eigenvalue weighted by atomic mass is 10.3. The summed E-state index contributed by atoms with van der Waals surface area (Å²) < 4.78 is 22.8. The lowest BCUT2D eigenvalue weighted by Crippen LogP contribution is -2.44. The molecule has 0 aliphatic rings. The second kappa shape index (κ2) is 6.59. The van der Waals surface area contributed by atoms with Crippen molar-refractivity contribution in [1.29, 1.82) is 0 Å². The van der Waals surface area contributed by atoms with E-state index in [0.29, 0.717) is 12.8 Å². The van der Waals surface area contributed by atoms with Crippen LogP contribution >= 0.6 is 0 Å². The topological polar surface area (TPSA) is 121 Å². The third kappa shape index (κ3) is 5.81. The molecule has 0 rings (SSSR count). The molecule has 16 heavy (non-hydrogen) atoms. The molecule has 0 spiro atoms. The zero-order valence-electron chi connectivity index (χ0n) is 8.74. The van der Waals surface area contributed by atoms with E-state index in [1.54, 1.807) is 6.08 Å². The van der Waals surface area contributed by atoms with Crippen LogP contribution in [0.4, 0.5) is 0 Å². The van der Waals surface area contributed by atoms with E-state index in [9.17, 15) is 13.2 Å². The number of carboxylic acids is 1. The van der Waals surface area contributed by atoms with Crippen molar-refractivity contribution in [3.63, 3.8) is 0 Å². The second-order valence-corrected chi connectivity index (χ2v) is 4.73. The van der Waals surface area contributed by atoms with E-state index in [0.717, 1.165) is 4.31 Å². The molecule has 0 radical (unpaired) electrons. The number of carboxylic acid groups (broad SMARTS) is 1. The molecule has 7 nitrogen and oxygen atoms in total. The number of unbranched alkanes of at least 4 members (excludes halogenated alkanes) is 1. The van der Waals surface area contributed by atoms with Gasteiger partial charge in [0.15, 0.2) is 6.10 Å². The van der Waals surface area contributed by atoms with Gasteiger partial charge in [-0.1, -0.05) is 6.08 Å². The zero-order valence-corrected chi connectivity index (χ0v) is 9.56. The quantitative estimate of drug-likeness (QED) is 0.374. The molecule has 0 aliphatic carbocycles. The summed E-state index contributed by atoms with van der Waals surface area (Å²) in [5.41, 5.74) is 0. The van der Waals surface area contributed by atoms with E-state index < -0.39 is 28.8 Å². The van der Waals surface area contributed by atoms with Gasteiger partial charge in [0.1, 0.15) is 0 Å². The minimum Gasteiger partial charge on any atom is -0.479 e. The number of nitrogens with zero attached hydrogens (tertiary/aromatic N) is 1. The predicted molar refractivity (Wildman–Crippen MR) is 57.8 cm³/mol. The summed E-state index contributed by atoms with van der Waals surface area (Å²) >= 11 is 0. The number of hydrogen-bond acceptors (Lipinski definition) is 4. The molecule has 0 aromatic heterocycles. The zero-order chi connectivity index (χ0) is 12.8. The first-order valence-corrected chi connectivity index (χ1v) is 6.09. The van der Waals surface area contributed by atoms with Crippen LogP contribution in [0.2, 0.25) is 0 Å². The Morgan fingerprint density at radius 2 is 2.12 bits per heavy atom. The Bertz CT molecular complexity index is 340. The molecular weight excluding hydrogens is 236 g/mol. The average molecular weight is 252 g/mol. The number of aliphatic carboxylic acids is 1. The highest BCUT2D eigenvalue weighted by molar-refractivity contribution is 7.86. The van der Waals surface area contributed by atoms with Crippen molar-refractivity contribution in [2.24, 2.45) is 5.14 Å². The van der Waals surface area contributed by atoms with E-state index in [1.165, 1.54) is 0 Å². The van der Waals surface area contributed by atoms with Gasteiger partial charge < -0.3 is 10.2 Å². The molecule has 0 bridgehead atoms. The highest BCUT2D eigenvalue weighted by atomic mass is 32.2. The SMILES string of the molecule is C=CCCCN(CC(O)C(=O)O)S(N)(=O)=O. The van der Waals surface area contributed by atoms with Gasteiger partial charge in [0.05, 0.1) is 6.54 Å². The lowest BCUT2D eigenvalue weighted by molar-refractivity contribution is -0.146. The predicted octanol–water partition coefficient (Wildman–Crippen LogP) is -1.10. The maximum Gasteiger partial charge on any atom is 0.333 e. The average Bonchev–Trinajstić information content (AvgIpc) is 2.14. The van der Waals surface area contributed by atoms with Crippen molar-refractivity contribution in [1.82, 2.24) is 4.31 Å². The molecule has 0 saturated heterocycles. The van der Waals surface area contributed by atoms with E-state index in [1.807, 2.05) is 0 Å². The van der Waals surface area contributed by atoms with Gasteiger partial charge >= 0.3 is 5.97 Å². The van der Waals surface area contributed by atoms with Gasteiger partial charge in [-0.25, -0.2) is 9.93 Å². The normalized spacial score (nSPS) is 13.7. The van der Waals surface area contributed by atoms with Crippen molar-refractivity contribution < 1.29 is 23.4 Å². The van der Waals surface area contributed by atoms with Crippen molar-refractivity contribution in [2.75, 3.05) is 13.1 Å². The fraction of sp³-hybridized carbons (Fsp3) is 0.625. The highest BCUT2D eigenvalue weighted by Gasteiger charge is 2.24. The molecular formula is C8H16N2O5S. The molecule has 4 N–H and O–H groups in total. The standard InChI is InChI=1S/C8H16N2O5S/c1-2-3-4-5-10(16(9,14)15)6-7(11)8(12)13/h2,7,11H,1,3-6H2,(H,12,13)(H2,9,14,15). The highest BCUT2D eigenvalue weighted by Crippen LogP contribution is 2.02. The fourth-order valence-corrected chi connectivity index (χ4v) is 1.74. The van der Waals surface area contributed by atoms with Crippen molar-refractivity contribution in [3.8, 4) is 0 Å². The summed E-state index contributed by atoms with van der Waals surface area (Å²) in [6.07, 6.45) is 0.873. The van der Waals surface area contributed by atoms with Gasteiger partial charge in [-0.15, -0.1) is 6.58 Å². The van der Waals surface area contributed by atoms with E-state index in [4.69, 9.17) is 15.4 Å². The summed E-state index contributed by atoms with van der Waals surface area (Å²) in [7, 11) is -4.00. The minimum atomic E-state index is -4.00. The number of nitrogens with two attached hydrogens (primary N) is 1. The molecule has 0 aromatic rings. The molecule has 8 heteroatoms. The van der Waals surface area contributed by atoms with Crippen LogP contribution in [0.25, 0.3) is 0 Å². The summed E-state index contributed by atoms with van der Waals surface area (Å²) in [5.74, 6) is -1.49. The van der Waals surface area contributed by atoms with Gasteiger partial charge in [-0.3, -0.25) is 0 Å². The number of allylic oxidation sites excluding steroid dienone is 1. The van der Waals surface area contributed by atoms with Crippen LogP contribution < -0.4 is 5.14 Å². The Morgan fingerprint density at radius 1 is 1.56 bits per heavy atom. The van der Waals surface area contributed by atoms with Crippen molar-refractivity contribution in [2.45, 2.75) is 18.9 Å². The van der Waals surface area contributed by atoms with Crippen LogP contribution in [0, 0.1) is 0 Å². The van der Waals surface area contributed by atoms with Gasteiger partial charge in [0.25, 0.3) is 10.2 Å². The third-order valence-corrected chi connectivity index (χ3v) is 2.89. The summed E-state index contributed by atoms with van der Waals surface area (Å²) in [6.45, 7) is 2.97. The first-order valence-electron chi connectivity index (χ1n) is 4.58. The Morgan fingerprint density at radius 3 is 2.50 bits per heavy atom. The van der Waals surface area contributed by atoms with E-state index in [2.05, 4.69) is 6.58 Å². The number of carbonyl (C=O) groups is 1. The molecule has 94 valence electrons.